The molecule has 0 aromatic heterocycles. The molecule has 0 aliphatic carbocycles. The number of aliphatic imine (C=N–C) groups is 1. The number of nitrogens with one attached hydrogen (secondary N) is 1. The predicted molar refractivity (Wildman–Crippen MR) is 102 cm³/mol. The molecular formula is C18H23N3O3S. The first kappa shape index (κ1) is 18.8. The Morgan fingerprint density at radius 3 is 2.64 bits per heavy atom. The minimum absolute atomic E-state index is 0.0507. The summed E-state index contributed by atoms with van der Waals surface area (Å²) in [7, 11) is -1.56. The van der Waals surface area contributed by atoms with E-state index in [9.17, 15) is 8.42 Å². The normalized spacial score (nSPS) is 12.0. The molecular weight excluding hydrogens is 338 g/mol. The van der Waals surface area contributed by atoms with Crippen LogP contribution in [0.4, 0.5) is 5.69 Å². The van der Waals surface area contributed by atoms with Crippen molar-refractivity contribution in [3.8, 4) is 5.75 Å². The highest BCUT2D eigenvalue weighted by Crippen LogP contribution is 2.16. The highest BCUT2D eigenvalue weighted by Gasteiger charge is 2.11. The average Bonchev–Trinajstić information content (AvgIpc) is 2.59. The fraction of sp³-hybridized carbons (Fsp3) is 0.278. The molecule has 0 amide bonds. The number of rotatable bonds is 8. The van der Waals surface area contributed by atoms with Crippen LogP contribution in [0.2, 0.25) is 0 Å². The van der Waals surface area contributed by atoms with Crippen molar-refractivity contribution in [1.29, 1.82) is 0 Å². The Morgan fingerprint density at radius 1 is 1.16 bits per heavy atom. The van der Waals surface area contributed by atoms with Gasteiger partial charge in [0.2, 0.25) is 0 Å². The molecule has 2 rings (SSSR count). The zero-order chi connectivity index (χ0) is 18.1. The van der Waals surface area contributed by atoms with Crippen molar-refractivity contribution < 1.29 is 13.2 Å². The van der Waals surface area contributed by atoms with Gasteiger partial charge in [-0.05, 0) is 24.1 Å². The molecule has 3 N–H and O–H groups in total. The molecule has 0 spiro atoms. The second-order valence-electron chi connectivity index (χ2n) is 5.56. The Kier molecular flexibility index (Phi) is 6.82. The molecule has 25 heavy (non-hydrogen) atoms. The maximum atomic E-state index is 12.1. The minimum Gasteiger partial charge on any atom is -0.497 e. The highest BCUT2D eigenvalue weighted by atomic mass is 32.2. The molecule has 0 unspecified atom stereocenters. The Bertz CT molecular complexity index is 805. The zero-order valence-electron chi connectivity index (χ0n) is 14.2. The zero-order valence-corrected chi connectivity index (χ0v) is 15.0. The van der Waals surface area contributed by atoms with Gasteiger partial charge in [0, 0.05) is 18.3 Å². The third kappa shape index (κ3) is 6.84. The smallest absolute Gasteiger partial charge is 0.193 e. The second-order valence-corrected chi connectivity index (χ2v) is 7.74. The maximum absolute atomic E-state index is 12.1. The standard InChI is InChI=1S/C18H23N3O3S/c1-24-17-10-5-9-16(13-17)21-18(19)20-11-6-12-25(22,23)14-15-7-3-2-4-8-15/h2-5,7-10,13H,6,11-12,14H2,1H3,(H3,19,20,21). The van der Waals surface area contributed by atoms with E-state index >= 15 is 0 Å². The summed E-state index contributed by atoms with van der Waals surface area (Å²) in [5.41, 5.74) is 7.38. The lowest BCUT2D eigenvalue weighted by Crippen LogP contribution is -2.23. The first-order chi connectivity index (χ1) is 12.0. The van der Waals surface area contributed by atoms with E-state index in [4.69, 9.17) is 10.5 Å². The molecule has 0 aliphatic heterocycles. The number of hydrogen-bond donors (Lipinski definition) is 2. The van der Waals surface area contributed by atoms with Crippen molar-refractivity contribution in [3.05, 3.63) is 60.2 Å². The number of methoxy groups -OCH3 is 1. The molecule has 0 fully saturated rings. The lowest BCUT2D eigenvalue weighted by Gasteiger charge is -2.07. The van der Waals surface area contributed by atoms with Crippen molar-refractivity contribution >= 4 is 21.5 Å². The molecule has 0 heterocycles. The summed E-state index contributed by atoms with van der Waals surface area (Å²) < 4.78 is 29.3. The monoisotopic (exact) mass is 361 g/mol. The fourth-order valence-electron chi connectivity index (χ4n) is 2.27. The van der Waals surface area contributed by atoms with Crippen LogP contribution < -0.4 is 15.8 Å². The maximum Gasteiger partial charge on any atom is 0.193 e. The third-order valence-corrected chi connectivity index (χ3v) is 5.15. The van der Waals surface area contributed by atoms with Gasteiger partial charge in [0.25, 0.3) is 0 Å². The number of sulfone groups is 1. The summed E-state index contributed by atoms with van der Waals surface area (Å²) in [6.07, 6.45) is 0.426. The van der Waals surface area contributed by atoms with Crippen LogP contribution >= 0.6 is 0 Å². The third-order valence-electron chi connectivity index (χ3n) is 3.47. The number of guanidine groups is 1. The number of nitrogens with two attached hydrogens (primary N) is 1. The van der Waals surface area contributed by atoms with Gasteiger partial charge in [0.05, 0.1) is 18.6 Å². The summed E-state index contributed by atoms with van der Waals surface area (Å²) in [5.74, 6) is 1.09. The van der Waals surface area contributed by atoms with Gasteiger partial charge in [-0.25, -0.2) is 8.42 Å². The molecule has 7 heteroatoms. The number of anilines is 1. The topological polar surface area (TPSA) is 93.8 Å². The summed E-state index contributed by atoms with van der Waals surface area (Å²) in [5, 5.41) is 2.95. The fourth-order valence-corrected chi connectivity index (χ4v) is 3.69. The summed E-state index contributed by atoms with van der Waals surface area (Å²) in [6.45, 7) is 0.344. The number of ether oxygens (including phenoxy) is 1. The van der Waals surface area contributed by atoms with Crippen LogP contribution in [-0.2, 0) is 15.6 Å². The van der Waals surface area contributed by atoms with Crippen LogP contribution in [0.1, 0.15) is 12.0 Å². The summed E-state index contributed by atoms with van der Waals surface area (Å²) in [4.78, 5) is 4.16. The Hall–Kier alpha value is -2.54. The van der Waals surface area contributed by atoms with Crippen LogP contribution in [0.25, 0.3) is 0 Å². The van der Waals surface area contributed by atoms with E-state index in [2.05, 4.69) is 10.3 Å². The van der Waals surface area contributed by atoms with Crippen molar-refractivity contribution in [1.82, 2.24) is 0 Å². The minimum atomic E-state index is -3.15. The average molecular weight is 361 g/mol. The van der Waals surface area contributed by atoms with Crippen LogP contribution in [0, 0.1) is 0 Å². The summed E-state index contributed by atoms with van der Waals surface area (Å²) in [6, 6.07) is 16.5. The highest BCUT2D eigenvalue weighted by molar-refractivity contribution is 7.90. The molecule has 0 bridgehead atoms. The molecule has 2 aromatic carbocycles. The van der Waals surface area contributed by atoms with E-state index in [0.29, 0.717) is 18.7 Å². The molecule has 6 nitrogen and oxygen atoms in total. The van der Waals surface area contributed by atoms with E-state index in [1.807, 2.05) is 48.5 Å². The lowest BCUT2D eigenvalue weighted by atomic mass is 10.2. The van der Waals surface area contributed by atoms with E-state index < -0.39 is 9.84 Å². The van der Waals surface area contributed by atoms with Crippen molar-refractivity contribution in [2.24, 2.45) is 10.7 Å². The van der Waals surface area contributed by atoms with Crippen molar-refractivity contribution in [3.63, 3.8) is 0 Å². The Labute approximate surface area is 148 Å². The van der Waals surface area contributed by atoms with Gasteiger partial charge in [0.15, 0.2) is 15.8 Å². The quantitative estimate of drug-likeness (QED) is 0.428. The SMILES string of the molecule is COc1cccc(NC(N)=NCCCS(=O)(=O)Cc2ccccc2)c1. The number of benzene rings is 2. The van der Waals surface area contributed by atoms with Gasteiger partial charge in [0.1, 0.15) is 5.75 Å². The van der Waals surface area contributed by atoms with E-state index in [1.54, 1.807) is 13.2 Å². The van der Waals surface area contributed by atoms with Crippen LogP contribution in [0.15, 0.2) is 59.6 Å². The predicted octanol–water partition coefficient (Wildman–Crippen LogP) is 2.43. The molecule has 0 aliphatic rings. The van der Waals surface area contributed by atoms with Gasteiger partial charge >= 0.3 is 0 Å². The van der Waals surface area contributed by atoms with Gasteiger partial charge < -0.3 is 15.8 Å². The van der Waals surface area contributed by atoms with Gasteiger partial charge in [-0.3, -0.25) is 4.99 Å². The van der Waals surface area contributed by atoms with Gasteiger partial charge in [-0.2, -0.15) is 0 Å². The largest absolute Gasteiger partial charge is 0.497 e. The van der Waals surface area contributed by atoms with E-state index in [0.717, 1.165) is 11.3 Å². The molecule has 0 atom stereocenters. The van der Waals surface area contributed by atoms with Crippen LogP contribution in [0.5, 0.6) is 5.75 Å². The molecule has 2 aromatic rings. The molecule has 134 valence electrons. The molecule has 0 saturated heterocycles. The van der Waals surface area contributed by atoms with E-state index in [1.165, 1.54) is 0 Å². The second kappa shape index (κ2) is 9.08. The number of nitrogens with zero attached hydrogens (tertiary/aromatic N) is 1. The Morgan fingerprint density at radius 2 is 1.92 bits per heavy atom. The molecule has 0 radical (unpaired) electrons. The van der Waals surface area contributed by atoms with Crippen LogP contribution in [-0.4, -0.2) is 33.8 Å². The van der Waals surface area contributed by atoms with Gasteiger partial charge in [-0.1, -0.05) is 36.4 Å². The van der Waals surface area contributed by atoms with Crippen molar-refractivity contribution in [2.75, 3.05) is 24.7 Å². The van der Waals surface area contributed by atoms with E-state index in [-0.39, 0.29) is 17.5 Å². The Balaban J connectivity index is 1.79. The van der Waals surface area contributed by atoms with Crippen molar-refractivity contribution in [2.45, 2.75) is 12.2 Å². The molecule has 0 saturated carbocycles. The lowest BCUT2D eigenvalue weighted by molar-refractivity contribution is 0.415. The first-order valence-electron chi connectivity index (χ1n) is 7.94. The first-order valence-corrected chi connectivity index (χ1v) is 9.76. The summed E-state index contributed by atoms with van der Waals surface area (Å²) >= 11 is 0. The number of hydrogen-bond acceptors (Lipinski definition) is 4. The van der Waals surface area contributed by atoms with Crippen LogP contribution in [0.3, 0.4) is 0 Å². The van der Waals surface area contributed by atoms with Gasteiger partial charge in [-0.15, -0.1) is 0 Å².